The van der Waals surface area contributed by atoms with Crippen LogP contribution < -0.4 is 0 Å². The summed E-state index contributed by atoms with van der Waals surface area (Å²) in [5.41, 5.74) is 2.03. The fourth-order valence-corrected chi connectivity index (χ4v) is 7.99. The number of aliphatic hydroxyl groups excluding tert-OH is 6. The van der Waals surface area contributed by atoms with Crippen LogP contribution in [-0.4, -0.2) is 160 Å². The van der Waals surface area contributed by atoms with Crippen molar-refractivity contribution >= 4 is 0 Å². The Bertz CT molecular complexity index is 1260. The molecule has 0 bridgehead atoms. The Morgan fingerprint density at radius 3 is 0.981 bits per heavy atom. The van der Waals surface area contributed by atoms with Crippen molar-refractivity contribution in [2.45, 2.75) is 171 Å². The summed E-state index contributed by atoms with van der Waals surface area (Å²) in [7, 11) is 0. The molecule has 0 spiro atoms. The van der Waals surface area contributed by atoms with Crippen LogP contribution in [0.15, 0.2) is 18.2 Å². The third-order valence-corrected chi connectivity index (χ3v) is 10.2. The first-order chi connectivity index (χ1) is 25.5. The van der Waals surface area contributed by atoms with Crippen molar-refractivity contribution in [3.05, 3.63) is 34.9 Å². The van der Waals surface area contributed by atoms with E-state index in [4.69, 9.17) is 56.8 Å². The maximum Gasteiger partial charge on any atom is 0.190 e. The van der Waals surface area contributed by atoms with Gasteiger partial charge in [-0.1, -0.05) is 18.2 Å². The lowest BCUT2D eigenvalue weighted by Crippen LogP contribution is -2.44. The van der Waals surface area contributed by atoms with E-state index in [0.29, 0.717) is 16.7 Å². The van der Waals surface area contributed by atoms with Crippen molar-refractivity contribution in [1.82, 2.24) is 0 Å². The maximum absolute atomic E-state index is 10.6. The van der Waals surface area contributed by atoms with E-state index in [2.05, 4.69) is 0 Å². The lowest BCUT2D eigenvalue weighted by Gasteiger charge is -2.29. The van der Waals surface area contributed by atoms with Gasteiger partial charge in [-0.05, 0) is 58.2 Å². The van der Waals surface area contributed by atoms with Crippen LogP contribution in [-0.2, 0) is 76.7 Å². The zero-order valence-corrected chi connectivity index (χ0v) is 31.2. The second kappa shape index (κ2) is 15.7. The first kappa shape index (κ1) is 40.7. The van der Waals surface area contributed by atoms with E-state index in [1.807, 2.05) is 18.2 Å². The Labute approximate surface area is 312 Å². The largest absolute Gasteiger partial charge is 0.394 e. The topological polar surface area (TPSA) is 232 Å². The molecule has 0 aromatic heterocycles. The number of hydrogen-bond donors (Lipinski definition) is 6. The van der Waals surface area contributed by atoms with E-state index < -0.39 is 129 Å². The number of fused-ring (bicyclic) bond motifs is 3. The molecule has 18 nitrogen and oxygen atoms in total. The quantitative estimate of drug-likeness (QED) is 0.126. The highest BCUT2D eigenvalue weighted by Crippen LogP contribution is 2.43. The summed E-state index contributed by atoms with van der Waals surface area (Å²) >= 11 is 0. The summed E-state index contributed by atoms with van der Waals surface area (Å²) in [5.74, 6) is -2.85. The van der Waals surface area contributed by atoms with E-state index in [9.17, 15) is 30.6 Å². The number of hydrogen-bond acceptors (Lipinski definition) is 18. The standard InChI is InChI=1S/C36H54O18/c1-34(2)49-28-25(22(19(40)10-37)46-31(28)52-34)43-13-16-7-17(14-44-26-23(20(41)11-38)47-32-29(26)50-35(3,4)53-32)9-18(8-16)15-45-27-24(21(42)12-39)48-33-30(27)51-36(5,6)54-33/h7-9,19-33,37-42H,10-15H2,1-6H3/t19-,20-,21-,22-,23-,24-,25+,26+,27+,28-,29-,30-,31-,32-,33-/m1/s1. The number of rotatable bonds is 15. The molecule has 1 aromatic rings. The SMILES string of the molecule is CC1(C)O[C@H]2O[C@H]([C@H](O)CO)[C@H](OCc3cc(CO[C@@H]4[C@H]5OC(C)(C)O[C@H]5O[C@@H]4[C@H](O)CO)cc(CO[C@@H]4[C@H]5OC(C)(C)O[C@H]5O[C@@H]4[C@H](O)CO)c3)[C@H]2O1. The van der Waals surface area contributed by atoms with Crippen LogP contribution in [0.5, 0.6) is 0 Å². The second-order valence-corrected chi connectivity index (χ2v) is 15.9. The highest BCUT2D eigenvalue weighted by Gasteiger charge is 2.59. The number of ether oxygens (including phenoxy) is 12. The van der Waals surface area contributed by atoms with Crippen LogP contribution in [0.1, 0.15) is 58.2 Å². The molecule has 15 atom stereocenters. The predicted octanol–water partition coefficient (Wildman–Crippen LogP) is -0.969. The fourth-order valence-electron chi connectivity index (χ4n) is 7.99. The van der Waals surface area contributed by atoms with Crippen molar-refractivity contribution < 1.29 is 87.5 Å². The molecule has 6 aliphatic rings. The fraction of sp³-hybridized carbons (Fsp3) is 0.833. The Hall–Kier alpha value is -1.50. The third kappa shape index (κ3) is 8.38. The van der Waals surface area contributed by atoms with Gasteiger partial charge in [0.2, 0.25) is 0 Å². The van der Waals surface area contributed by atoms with Gasteiger partial charge in [0.05, 0.1) is 39.6 Å². The summed E-state index contributed by atoms with van der Waals surface area (Å²) in [6.45, 7) is 8.84. The van der Waals surface area contributed by atoms with Gasteiger partial charge in [-0.2, -0.15) is 0 Å². The van der Waals surface area contributed by atoms with E-state index in [0.717, 1.165) is 0 Å². The van der Waals surface area contributed by atoms with Gasteiger partial charge < -0.3 is 87.5 Å². The van der Waals surface area contributed by atoms with E-state index in [1.165, 1.54) is 0 Å². The second-order valence-electron chi connectivity index (χ2n) is 15.9. The number of aliphatic hydroxyl groups is 6. The zero-order valence-electron chi connectivity index (χ0n) is 31.2. The minimum Gasteiger partial charge on any atom is -0.394 e. The van der Waals surface area contributed by atoms with Crippen molar-refractivity contribution in [3.8, 4) is 0 Å². The third-order valence-electron chi connectivity index (χ3n) is 10.2. The minimum absolute atomic E-state index is 0.0129. The molecule has 0 radical (unpaired) electrons. The lowest BCUT2D eigenvalue weighted by atomic mass is 10.0. The van der Waals surface area contributed by atoms with E-state index >= 15 is 0 Å². The van der Waals surface area contributed by atoms with Crippen LogP contribution in [0, 0.1) is 0 Å². The summed E-state index contributed by atoms with van der Waals surface area (Å²) in [6.07, 6.45) is -13.4. The molecule has 0 amide bonds. The smallest absolute Gasteiger partial charge is 0.190 e. The molecule has 0 aliphatic carbocycles. The van der Waals surface area contributed by atoms with Gasteiger partial charge in [0.15, 0.2) is 36.2 Å². The average Bonchev–Trinajstić information content (AvgIpc) is 3.91. The molecule has 7 rings (SSSR count). The van der Waals surface area contributed by atoms with Gasteiger partial charge in [-0.15, -0.1) is 0 Å². The highest BCUT2D eigenvalue weighted by atomic mass is 16.9. The van der Waals surface area contributed by atoms with Gasteiger partial charge in [0, 0.05) is 0 Å². The monoisotopic (exact) mass is 774 g/mol. The Morgan fingerprint density at radius 1 is 0.481 bits per heavy atom. The van der Waals surface area contributed by atoms with E-state index in [1.54, 1.807) is 41.5 Å². The molecule has 6 saturated heterocycles. The van der Waals surface area contributed by atoms with Gasteiger partial charge in [0.25, 0.3) is 0 Å². The normalized spacial score (nSPS) is 40.4. The first-order valence-corrected chi connectivity index (χ1v) is 18.4. The molecule has 6 heterocycles. The Morgan fingerprint density at radius 2 is 0.741 bits per heavy atom. The molecule has 18 heteroatoms. The molecular weight excluding hydrogens is 720 g/mol. The van der Waals surface area contributed by atoms with Crippen molar-refractivity contribution in [2.75, 3.05) is 19.8 Å². The molecule has 6 N–H and O–H groups in total. The summed E-state index contributed by atoms with van der Waals surface area (Å²) < 4.78 is 72.6. The molecule has 54 heavy (non-hydrogen) atoms. The van der Waals surface area contributed by atoms with Crippen molar-refractivity contribution in [2.24, 2.45) is 0 Å². The van der Waals surface area contributed by atoms with Gasteiger partial charge in [0.1, 0.15) is 73.2 Å². The van der Waals surface area contributed by atoms with Crippen molar-refractivity contribution in [3.63, 3.8) is 0 Å². The molecule has 0 saturated carbocycles. The first-order valence-electron chi connectivity index (χ1n) is 18.4. The van der Waals surface area contributed by atoms with Crippen LogP contribution in [0.3, 0.4) is 0 Å². The summed E-state index contributed by atoms with van der Waals surface area (Å²) in [5, 5.41) is 60.9. The average molecular weight is 775 g/mol. The zero-order chi connectivity index (χ0) is 38.7. The van der Waals surface area contributed by atoms with Gasteiger partial charge in [-0.3, -0.25) is 0 Å². The minimum atomic E-state index is -1.25. The molecule has 0 unspecified atom stereocenters. The summed E-state index contributed by atoms with van der Waals surface area (Å²) in [4.78, 5) is 0. The van der Waals surface area contributed by atoms with Crippen LogP contribution >= 0.6 is 0 Å². The molecule has 6 fully saturated rings. The van der Waals surface area contributed by atoms with Crippen molar-refractivity contribution in [1.29, 1.82) is 0 Å². The maximum atomic E-state index is 10.6. The van der Waals surface area contributed by atoms with Crippen LogP contribution in [0.2, 0.25) is 0 Å². The summed E-state index contributed by atoms with van der Waals surface area (Å²) in [6, 6.07) is 5.57. The van der Waals surface area contributed by atoms with E-state index in [-0.39, 0.29) is 19.8 Å². The van der Waals surface area contributed by atoms with Gasteiger partial charge in [-0.25, -0.2) is 0 Å². The Balaban J connectivity index is 1.12. The molecule has 306 valence electrons. The number of benzene rings is 1. The lowest BCUT2D eigenvalue weighted by molar-refractivity contribution is -0.232. The predicted molar refractivity (Wildman–Crippen MR) is 178 cm³/mol. The molecule has 1 aromatic carbocycles. The van der Waals surface area contributed by atoms with Crippen LogP contribution in [0.25, 0.3) is 0 Å². The highest BCUT2D eigenvalue weighted by molar-refractivity contribution is 5.30. The molecular formula is C36H54O18. The Kier molecular flexibility index (Phi) is 11.8. The molecule has 6 aliphatic heterocycles. The van der Waals surface area contributed by atoms with Gasteiger partial charge >= 0.3 is 0 Å². The van der Waals surface area contributed by atoms with Crippen LogP contribution in [0.4, 0.5) is 0 Å².